The predicted molar refractivity (Wildman–Crippen MR) is 83.8 cm³/mol. The molecule has 2 aromatic rings. The molecule has 0 spiro atoms. The van der Waals surface area contributed by atoms with E-state index in [0.717, 1.165) is 12.1 Å². The Labute approximate surface area is 126 Å². The highest BCUT2D eigenvalue weighted by molar-refractivity contribution is 5.23. The van der Waals surface area contributed by atoms with Gasteiger partial charge in [0.25, 0.3) is 0 Å². The van der Waals surface area contributed by atoms with Crippen molar-refractivity contribution in [3.05, 3.63) is 53.1 Å². The lowest BCUT2D eigenvalue weighted by Crippen LogP contribution is -2.22. The van der Waals surface area contributed by atoms with Gasteiger partial charge >= 0.3 is 0 Å². The lowest BCUT2D eigenvalue weighted by molar-refractivity contribution is 0.572. The molecule has 1 aromatic heterocycles. The molecule has 4 heteroatoms. The van der Waals surface area contributed by atoms with Crippen LogP contribution in [0.5, 0.6) is 0 Å². The van der Waals surface area contributed by atoms with Crippen LogP contribution in [-0.4, -0.2) is 15.8 Å². The van der Waals surface area contributed by atoms with Crippen LogP contribution in [-0.2, 0) is 13.1 Å². The van der Waals surface area contributed by atoms with E-state index in [1.165, 1.54) is 17.3 Å². The molecule has 1 N–H and O–H groups in total. The Balaban J connectivity index is 2.23. The first-order valence-electron chi connectivity index (χ1n) is 7.49. The molecule has 0 bridgehead atoms. The molecule has 114 valence electrons. The van der Waals surface area contributed by atoms with Crippen LogP contribution in [0.3, 0.4) is 0 Å². The van der Waals surface area contributed by atoms with Crippen LogP contribution in [0.25, 0.3) is 0 Å². The molecule has 0 saturated carbocycles. The smallest absolute Gasteiger partial charge is 0.123 e. The Morgan fingerprint density at radius 2 is 2.00 bits per heavy atom. The average Bonchev–Trinajstić information content (AvgIpc) is 2.79. The van der Waals surface area contributed by atoms with Gasteiger partial charge in [-0.15, -0.1) is 0 Å². The summed E-state index contributed by atoms with van der Waals surface area (Å²) in [5, 5.41) is 7.92. The fraction of sp³-hybridized carbons (Fsp3) is 0.471. The summed E-state index contributed by atoms with van der Waals surface area (Å²) in [6.45, 7) is 10.0. The van der Waals surface area contributed by atoms with Crippen molar-refractivity contribution in [1.82, 2.24) is 15.1 Å². The van der Waals surface area contributed by atoms with Gasteiger partial charge in [-0.05, 0) is 23.6 Å². The third-order valence-corrected chi connectivity index (χ3v) is 3.43. The largest absolute Gasteiger partial charge is 0.310 e. The molecule has 1 aromatic carbocycles. The monoisotopic (exact) mass is 289 g/mol. The third kappa shape index (κ3) is 4.14. The zero-order valence-corrected chi connectivity index (χ0v) is 13.2. The summed E-state index contributed by atoms with van der Waals surface area (Å²) >= 11 is 0. The number of nitrogens with one attached hydrogen (secondary N) is 1. The molecule has 0 saturated heterocycles. The molecule has 3 nitrogen and oxygen atoms in total. The first kappa shape index (κ1) is 15.7. The summed E-state index contributed by atoms with van der Waals surface area (Å²) < 4.78 is 15.3. The summed E-state index contributed by atoms with van der Waals surface area (Å²) in [5.41, 5.74) is 3.37. The predicted octanol–water partition coefficient (Wildman–Crippen LogP) is 3.69. The number of hydrogen-bond acceptors (Lipinski definition) is 2. The van der Waals surface area contributed by atoms with Gasteiger partial charge in [-0.2, -0.15) is 5.10 Å². The van der Waals surface area contributed by atoms with E-state index < -0.39 is 0 Å². The molecule has 0 atom stereocenters. The van der Waals surface area contributed by atoms with Gasteiger partial charge in [0.05, 0.1) is 12.7 Å². The zero-order chi connectivity index (χ0) is 15.4. The van der Waals surface area contributed by atoms with E-state index in [2.05, 4.69) is 38.1 Å². The second kappa shape index (κ2) is 6.85. The molecule has 0 unspecified atom stereocenters. The summed E-state index contributed by atoms with van der Waals surface area (Å²) in [6, 6.07) is 7.15. The van der Waals surface area contributed by atoms with Gasteiger partial charge in [0, 0.05) is 23.8 Å². The maximum Gasteiger partial charge on any atom is 0.123 e. The zero-order valence-electron chi connectivity index (χ0n) is 13.2. The minimum Gasteiger partial charge on any atom is -0.310 e. The Hall–Kier alpha value is -1.68. The number of hydrogen-bond donors (Lipinski definition) is 1. The molecule has 0 aliphatic rings. The van der Waals surface area contributed by atoms with Crippen LogP contribution in [0.15, 0.2) is 30.5 Å². The summed E-state index contributed by atoms with van der Waals surface area (Å²) in [6.07, 6.45) is 1.92. The van der Waals surface area contributed by atoms with Gasteiger partial charge in [-0.1, -0.05) is 39.8 Å². The summed E-state index contributed by atoms with van der Waals surface area (Å²) in [4.78, 5) is 0. The van der Waals surface area contributed by atoms with Gasteiger partial charge in [0.1, 0.15) is 5.82 Å². The van der Waals surface area contributed by atoms with Crippen LogP contribution in [0, 0.1) is 5.82 Å². The Morgan fingerprint density at radius 3 is 2.62 bits per heavy atom. The molecule has 2 rings (SSSR count). The van der Waals surface area contributed by atoms with Gasteiger partial charge in [0.2, 0.25) is 0 Å². The van der Waals surface area contributed by atoms with Crippen molar-refractivity contribution in [3.8, 4) is 0 Å². The number of benzene rings is 1. The maximum absolute atomic E-state index is 13.3. The first-order chi connectivity index (χ1) is 9.97. The van der Waals surface area contributed by atoms with Crippen molar-refractivity contribution >= 4 is 0 Å². The molecule has 0 aliphatic heterocycles. The standard InChI is InChI=1S/C17H24FN3/c1-12(2)17-15(9-19-13(3)4)10-20-21(17)11-14-6-5-7-16(18)8-14/h5-8,10,12-13,19H,9,11H2,1-4H3. The molecular formula is C17H24FN3. The van der Waals surface area contributed by atoms with E-state index in [1.54, 1.807) is 12.1 Å². The van der Waals surface area contributed by atoms with Crippen LogP contribution in [0.2, 0.25) is 0 Å². The van der Waals surface area contributed by atoms with Crippen LogP contribution in [0.1, 0.15) is 50.4 Å². The average molecular weight is 289 g/mol. The molecule has 1 heterocycles. The van der Waals surface area contributed by atoms with E-state index in [-0.39, 0.29) is 5.82 Å². The lowest BCUT2D eigenvalue weighted by atomic mass is 10.1. The molecule has 0 fully saturated rings. The number of aromatic nitrogens is 2. The summed E-state index contributed by atoms with van der Waals surface area (Å²) in [7, 11) is 0. The van der Waals surface area contributed by atoms with Crippen molar-refractivity contribution in [2.45, 2.75) is 52.7 Å². The van der Waals surface area contributed by atoms with Crippen molar-refractivity contribution in [3.63, 3.8) is 0 Å². The minimum absolute atomic E-state index is 0.201. The Bertz CT molecular complexity index is 587. The fourth-order valence-corrected chi connectivity index (χ4v) is 2.49. The molecule has 0 amide bonds. The lowest BCUT2D eigenvalue weighted by Gasteiger charge is -2.14. The van der Waals surface area contributed by atoms with Crippen LogP contribution in [0.4, 0.5) is 4.39 Å². The summed E-state index contributed by atoms with van der Waals surface area (Å²) in [5.74, 6) is 0.178. The fourth-order valence-electron chi connectivity index (χ4n) is 2.49. The van der Waals surface area contributed by atoms with Crippen LogP contribution >= 0.6 is 0 Å². The van der Waals surface area contributed by atoms with E-state index in [0.29, 0.717) is 18.5 Å². The Kier molecular flexibility index (Phi) is 5.12. The van der Waals surface area contributed by atoms with Gasteiger partial charge < -0.3 is 5.32 Å². The van der Waals surface area contributed by atoms with E-state index in [1.807, 2.05) is 16.9 Å². The highest BCUT2D eigenvalue weighted by Gasteiger charge is 2.14. The number of halogens is 1. The second-order valence-electron chi connectivity index (χ2n) is 6.03. The SMILES string of the molecule is CC(C)NCc1cnn(Cc2cccc(F)c2)c1C(C)C. The first-order valence-corrected chi connectivity index (χ1v) is 7.49. The normalized spacial score (nSPS) is 11.6. The highest BCUT2D eigenvalue weighted by Crippen LogP contribution is 2.21. The molecule has 21 heavy (non-hydrogen) atoms. The van der Waals surface area contributed by atoms with Gasteiger partial charge in [-0.3, -0.25) is 4.68 Å². The van der Waals surface area contributed by atoms with Crippen molar-refractivity contribution in [2.24, 2.45) is 0 Å². The van der Waals surface area contributed by atoms with E-state index in [9.17, 15) is 4.39 Å². The minimum atomic E-state index is -0.201. The Morgan fingerprint density at radius 1 is 1.24 bits per heavy atom. The molecular weight excluding hydrogens is 265 g/mol. The van der Waals surface area contributed by atoms with E-state index >= 15 is 0 Å². The number of nitrogens with zero attached hydrogens (tertiary/aromatic N) is 2. The molecule has 0 aliphatic carbocycles. The molecule has 0 radical (unpaired) electrons. The van der Waals surface area contributed by atoms with Crippen molar-refractivity contribution in [2.75, 3.05) is 0 Å². The second-order valence-corrected chi connectivity index (χ2v) is 6.03. The number of rotatable bonds is 6. The van der Waals surface area contributed by atoms with Crippen LogP contribution < -0.4 is 5.32 Å². The maximum atomic E-state index is 13.3. The van der Waals surface area contributed by atoms with Gasteiger partial charge in [0.15, 0.2) is 0 Å². The third-order valence-electron chi connectivity index (χ3n) is 3.43. The van der Waals surface area contributed by atoms with Gasteiger partial charge in [-0.25, -0.2) is 4.39 Å². The topological polar surface area (TPSA) is 29.9 Å². The van der Waals surface area contributed by atoms with Crippen molar-refractivity contribution < 1.29 is 4.39 Å². The highest BCUT2D eigenvalue weighted by atomic mass is 19.1. The quantitative estimate of drug-likeness (QED) is 0.879. The van der Waals surface area contributed by atoms with Crippen molar-refractivity contribution in [1.29, 1.82) is 0 Å². The van der Waals surface area contributed by atoms with E-state index in [4.69, 9.17) is 0 Å².